The van der Waals surface area contributed by atoms with Crippen molar-refractivity contribution >= 4 is 34.2 Å². The Morgan fingerprint density at radius 3 is 2.40 bits per heavy atom. The SMILES string of the molecule is CC(C(=O)Nc1ccc2[nH]c(=O)[nH]c2c1)N1CCC(C(=O)Nc2ccccc2)CC1. The van der Waals surface area contributed by atoms with Gasteiger partial charge in [-0.25, -0.2) is 4.79 Å². The molecular formula is C22H25N5O3. The van der Waals surface area contributed by atoms with Crippen LogP contribution in [0.1, 0.15) is 19.8 Å². The Labute approximate surface area is 173 Å². The highest BCUT2D eigenvalue weighted by Crippen LogP contribution is 2.22. The van der Waals surface area contributed by atoms with Crippen LogP contribution in [-0.4, -0.2) is 45.8 Å². The minimum Gasteiger partial charge on any atom is -0.326 e. The molecule has 30 heavy (non-hydrogen) atoms. The van der Waals surface area contributed by atoms with E-state index in [1.807, 2.05) is 37.3 Å². The van der Waals surface area contributed by atoms with Gasteiger partial charge in [-0.1, -0.05) is 18.2 Å². The van der Waals surface area contributed by atoms with Crippen molar-refractivity contribution in [1.29, 1.82) is 0 Å². The summed E-state index contributed by atoms with van der Waals surface area (Å²) in [6.07, 6.45) is 1.43. The number of likely N-dealkylation sites (tertiary alicyclic amines) is 1. The van der Waals surface area contributed by atoms with E-state index in [1.165, 1.54) is 0 Å². The number of hydrogen-bond acceptors (Lipinski definition) is 4. The van der Waals surface area contributed by atoms with E-state index in [9.17, 15) is 14.4 Å². The lowest BCUT2D eigenvalue weighted by atomic mass is 9.94. The molecule has 1 unspecified atom stereocenters. The zero-order valence-corrected chi connectivity index (χ0v) is 16.8. The van der Waals surface area contributed by atoms with Crippen LogP contribution in [0.2, 0.25) is 0 Å². The molecule has 0 spiro atoms. The largest absolute Gasteiger partial charge is 0.326 e. The van der Waals surface area contributed by atoms with Crippen LogP contribution in [0.5, 0.6) is 0 Å². The van der Waals surface area contributed by atoms with E-state index < -0.39 is 0 Å². The zero-order valence-electron chi connectivity index (χ0n) is 16.8. The molecule has 1 fully saturated rings. The van der Waals surface area contributed by atoms with Gasteiger partial charge in [-0.05, 0) is 63.2 Å². The van der Waals surface area contributed by atoms with E-state index in [4.69, 9.17) is 0 Å². The molecule has 1 aliphatic rings. The third kappa shape index (κ3) is 4.44. The molecule has 156 valence electrons. The van der Waals surface area contributed by atoms with E-state index in [1.54, 1.807) is 18.2 Å². The van der Waals surface area contributed by atoms with Crippen LogP contribution < -0.4 is 16.3 Å². The smallest absolute Gasteiger partial charge is 0.323 e. The highest BCUT2D eigenvalue weighted by atomic mass is 16.2. The molecule has 0 aliphatic carbocycles. The monoisotopic (exact) mass is 407 g/mol. The van der Waals surface area contributed by atoms with E-state index >= 15 is 0 Å². The summed E-state index contributed by atoms with van der Waals surface area (Å²) in [5.41, 5.74) is 2.50. The van der Waals surface area contributed by atoms with Crippen molar-refractivity contribution < 1.29 is 9.59 Å². The second-order valence-electron chi connectivity index (χ2n) is 7.67. The lowest BCUT2D eigenvalue weighted by Crippen LogP contribution is -2.47. The summed E-state index contributed by atoms with van der Waals surface area (Å²) in [5, 5.41) is 5.87. The van der Waals surface area contributed by atoms with E-state index in [0.717, 1.165) is 5.69 Å². The molecule has 8 heteroatoms. The number of anilines is 2. The third-order valence-electron chi connectivity index (χ3n) is 5.65. The number of fused-ring (bicyclic) bond motifs is 1. The maximum atomic E-state index is 12.7. The number of para-hydroxylation sites is 1. The maximum absolute atomic E-state index is 12.7. The number of imidazole rings is 1. The molecule has 4 N–H and O–H groups in total. The van der Waals surface area contributed by atoms with Crippen LogP contribution in [-0.2, 0) is 9.59 Å². The minimum absolute atomic E-state index is 0.0340. The first kappa shape index (κ1) is 19.9. The number of carbonyl (C=O) groups excluding carboxylic acids is 2. The Balaban J connectivity index is 1.30. The van der Waals surface area contributed by atoms with Gasteiger partial charge in [-0.15, -0.1) is 0 Å². The number of nitrogens with one attached hydrogen (secondary N) is 4. The molecule has 8 nitrogen and oxygen atoms in total. The van der Waals surface area contributed by atoms with Gasteiger partial charge in [0.2, 0.25) is 11.8 Å². The van der Waals surface area contributed by atoms with Crippen molar-refractivity contribution in [2.24, 2.45) is 5.92 Å². The van der Waals surface area contributed by atoms with Crippen LogP contribution in [0, 0.1) is 5.92 Å². The normalized spacial score (nSPS) is 16.3. The fraction of sp³-hybridized carbons (Fsp3) is 0.318. The number of H-pyrrole nitrogens is 2. The molecule has 4 rings (SSSR count). The lowest BCUT2D eigenvalue weighted by molar-refractivity contribution is -0.123. The van der Waals surface area contributed by atoms with Crippen LogP contribution >= 0.6 is 0 Å². The Morgan fingerprint density at radius 2 is 1.67 bits per heavy atom. The Kier molecular flexibility index (Phi) is 5.67. The van der Waals surface area contributed by atoms with Crippen LogP contribution in [0.25, 0.3) is 11.0 Å². The first-order chi connectivity index (χ1) is 14.5. The average Bonchev–Trinajstić information content (AvgIpc) is 3.13. The lowest BCUT2D eigenvalue weighted by Gasteiger charge is -2.34. The van der Waals surface area contributed by atoms with Gasteiger partial charge in [-0.3, -0.25) is 14.5 Å². The Morgan fingerprint density at radius 1 is 0.967 bits per heavy atom. The number of amides is 2. The quantitative estimate of drug-likeness (QED) is 0.521. The highest BCUT2D eigenvalue weighted by Gasteiger charge is 2.29. The van der Waals surface area contributed by atoms with E-state index in [2.05, 4.69) is 25.5 Å². The third-order valence-corrected chi connectivity index (χ3v) is 5.65. The fourth-order valence-corrected chi connectivity index (χ4v) is 3.84. The van der Waals surface area contributed by atoms with Crippen molar-refractivity contribution in [3.8, 4) is 0 Å². The van der Waals surface area contributed by atoms with Crippen molar-refractivity contribution in [1.82, 2.24) is 14.9 Å². The second kappa shape index (κ2) is 8.54. The van der Waals surface area contributed by atoms with Crippen molar-refractivity contribution in [2.75, 3.05) is 23.7 Å². The van der Waals surface area contributed by atoms with Crippen LogP contribution in [0.4, 0.5) is 11.4 Å². The molecule has 1 aromatic heterocycles. The number of hydrogen-bond donors (Lipinski definition) is 4. The number of aromatic amines is 2. The Bertz CT molecular complexity index is 1100. The summed E-state index contributed by atoms with van der Waals surface area (Å²) in [6.45, 7) is 3.24. The summed E-state index contributed by atoms with van der Waals surface area (Å²) in [7, 11) is 0. The number of piperidine rings is 1. The van der Waals surface area contributed by atoms with Crippen LogP contribution in [0.15, 0.2) is 53.3 Å². The van der Waals surface area contributed by atoms with Gasteiger partial charge in [-0.2, -0.15) is 0 Å². The van der Waals surface area contributed by atoms with Crippen molar-refractivity contribution in [3.63, 3.8) is 0 Å². The van der Waals surface area contributed by atoms with Gasteiger partial charge in [0.15, 0.2) is 0 Å². The zero-order chi connectivity index (χ0) is 21.1. The molecular weight excluding hydrogens is 382 g/mol. The molecule has 1 atom stereocenters. The molecule has 0 radical (unpaired) electrons. The molecule has 3 aromatic rings. The fourth-order valence-electron chi connectivity index (χ4n) is 3.84. The summed E-state index contributed by atoms with van der Waals surface area (Å²) >= 11 is 0. The van der Waals surface area contributed by atoms with Gasteiger partial charge in [0.1, 0.15) is 0 Å². The summed E-state index contributed by atoms with van der Waals surface area (Å²) < 4.78 is 0. The topological polar surface area (TPSA) is 110 Å². The molecule has 0 bridgehead atoms. The number of aromatic nitrogens is 2. The summed E-state index contributed by atoms with van der Waals surface area (Å²) in [4.78, 5) is 44.0. The van der Waals surface area contributed by atoms with Gasteiger partial charge in [0.05, 0.1) is 17.1 Å². The second-order valence-corrected chi connectivity index (χ2v) is 7.67. The van der Waals surface area contributed by atoms with Gasteiger partial charge in [0, 0.05) is 17.3 Å². The molecule has 1 aliphatic heterocycles. The van der Waals surface area contributed by atoms with Crippen LogP contribution in [0.3, 0.4) is 0 Å². The van der Waals surface area contributed by atoms with Gasteiger partial charge < -0.3 is 20.6 Å². The maximum Gasteiger partial charge on any atom is 0.323 e. The molecule has 2 amide bonds. The molecule has 0 saturated carbocycles. The molecule has 2 heterocycles. The highest BCUT2D eigenvalue weighted by molar-refractivity contribution is 5.96. The minimum atomic E-state index is -0.316. The number of carbonyl (C=O) groups is 2. The molecule has 1 saturated heterocycles. The van der Waals surface area contributed by atoms with Crippen molar-refractivity contribution in [2.45, 2.75) is 25.8 Å². The average molecular weight is 407 g/mol. The number of benzene rings is 2. The number of rotatable bonds is 5. The first-order valence-electron chi connectivity index (χ1n) is 10.1. The van der Waals surface area contributed by atoms with E-state index in [-0.39, 0.29) is 29.5 Å². The number of nitrogens with zero attached hydrogens (tertiary/aromatic N) is 1. The summed E-state index contributed by atoms with van der Waals surface area (Å²) in [5.74, 6) is -0.129. The predicted octanol–water partition coefficient (Wildman–Crippen LogP) is 2.53. The first-order valence-corrected chi connectivity index (χ1v) is 10.1. The Hall–Kier alpha value is -3.39. The predicted molar refractivity (Wildman–Crippen MR) is 116 cm³/mol. The van der Waals surface area contributed by atoms with E-state index in [0.29, 0.717) is 42.7 Å². The van der Waals surface area contributed by atoms with Gasteiger partial charge in [0.25, 0.3) is 0 Å². The molecule has 2 aromatic carbocycles. The van der Waals surface area contributed by atoms with Gasteiger partial charge >= 0.3 is 5.69 Å². The standard InChI is InChI=1S/C22H25N5O3/c1-14(20(28)24-17-7-8-18-19(13-17)26-22(30)25-18)27-11-9-15(10-12-27)21(29)23-16-5-3-2-4-6-16/h2-8,13-15H,9-12H2,1H3,(H,23,29)(H,24,28)(H2,25,26,30). The summed E-state index contributed by atoms with van der Waals surface area (Å²) in [6, 6.07) is 14.4. The van der Waals surface area contributed by atoms with Crippen molar-refractivity contribution in [3.05, 3.63) is 59.0 Å².